The van der Waals surface area contributed by atoms with Crippen molar-refractivity contribution in [3.63, 3.8) is 0 Å². The second-order valence-electron chi connectivity index (χ2n) is 3.89. The van der Waals surface area contributed by atoms with Crippen LogP contribution in [0.15, 0.2) is 35.4 Å². The van der Waals surface area contributed by atoms with E-state index < -0.39 is 0 Å². The van der Waals surface area contributed by atoms with E-state index in [0.717, 1.165) is 30.2 Å². The number of nitrogens with zero attached hydrogens (tertiary/aromatic N) is 3. The van der Waals surface area contributed by atoms with Gasteiger partial charge in [0.25, 0.3) is 0 Å². The zero-order valence-electron chi connectivity index (χ0n) is 10.1. The van der Waals surface area contributed by atoms with Crippen LogP contribution in [0.25, 0.3) is 0 Å². The molecule has 0 fully saturated rings. The predicted molar refractivity (Wildman–Crippen MR) is 65.6 cm³/mol. The second-order valence-corrected chi connectivity index (χ2v) is 3.89. The van der Waals surface area contributed by atoms with Crippen molar-refractivity contribution >= 4 is 5.82 Å². The summed E-state index contributed by atoms with van der Waals surface area (Å²) in [7, 11) is 3.88. The average Bonchev–Trinajstić information content (AvgIpc) is 2.83. The molecule has 0 aliphatic rings. The monoisotopic (exact) mass is 232 g/mol. The maximum Gasteiger partial charge on any atom is 0.147 e. The van der Waals surface area contributed by atoms with Gasteiger partial charge in [0.15, 0.2) is 0 Å². The van der Waals surface area contributed by atoms with Crippen molar-refractivity contribution in [1.29, 1.82) is 0 Å². The highest BCUT2D eigenvalue weighted by Gasteiger charge is 2.05. The molecular formula is C12H16N4O. The molecule has 0 bridgehead atoms. The zero-order valence-corrected chi connectivity index (χ0v) is 10.1. The van der Waals surface area contributed by atoms with Crippen LogP contribution in [0, 0.1) is 0 Å². The van der Waals surface area contributed by atoms with E-state index in [4.69, 9.17) is 4.42 Å². The third kappa shape index (κ3) is 3.04. The lowest BCUT2D eigenvalue weighted by Crippen LogP contribution is -2.19. The molecule has 2 aromatic heterocycles. The minimum Gasteiger partial charge on any atom is -0.472 e. The molecule has 5 nitrogen and oxygen atoms in total. The Hall–Kier alpha value is -1.88. The van der Waals surface area contributed by atoms with Gasteiger partial charge in [0.05, 0.1) is 24.4 Å². The minimum atomic E-state index is 0.723. The highest BCUT2D eigenvalue weighted by Crippen LogP contribution is 2.12. The Morgan fingerprint density at radius 2 is 2.29 bits per heavy atom. The molecule has 0 saturated carbocycles. The van der Waals surface area contributed by atoms with Gasteiger partial charge < -0.3 is 14.6 Å². The van der Waals surface area contributed by atoms with Crippen LogP contribution in [-0.4, -0.2) is 24.1 Å². The Morgan fingerprint density at radius 3 is 3.00 bits per heavy atom. The van der Waals surface area contributed by atoms with Gasteiger partial charge in [-0.3, -0.25) is 4.98 Å². The zero-order chi connectivity index (χ0) is 12.1. The summed E-state index contributed by atoms with van der Waals surface area (Å²) in [6.45, 7) is 1.48. The van der Waals surface area contributed by atoms with Gasteiger partial charge in [-0.25, -0.2) is 4.98 Å². The van der Waals surface area contributed by atoms with Crippen molar-refractivity contribution in [1.82, 2.24) is 15.3 Å². The molecule has 5 heteroatoms. The van der Waals surface area contributed by atoms with Crippen molar-refractivity contribution in [2.45, 2.75) is 13.1 Å². The van der Waals surface area contributed by atoms with E-state index in [-0.39, 0.29) is 0 Å². The Kier molecular flexibility index (Phi) is 3.72. The largest absolute Gasteiger partial charge is 0.472 e. The van der Waals surface area contributed by atoms with Crippen LogP contribution >= 0.6 is 0 Å². The summed E-state index contributed by atoms with van der Waals surface area (Å²) in [6.07, 6.45) is 6.94. The number of nitrogens with one attached hydrogen (secondary N) is 1. The first kappa shape index (κ1) is 11.6. The fourth-order valence-corrected chi connectivity index (χ4v) is 1.58. The minimum absolute atomic E-state index is 0.723. The molecule has 0 saturated heterocycles. The van der Waals surface area contributed by atoms with Gasteiger partial charge >= 0.3 is 0 Å². The van der Waals surface area contributed by atoms with Crippen molar-refractivity contribution in [2.24, 2.45) is 0 Å². The van der Waals surface area contributed by atoms with E-state index in [1.54, 1.807) is 24.9 Å². The number of anilines is 1. The number of furan rings is 1. The maximum atomic E-state index is 5.04. The normalized spacial score (nSPS) is 10.5. The van der Waals surface area contributed by atoms with E-state index in [2.05, 4.69) is 15.3 Å². The fraction of sp³-hybridized carbons (Fsp3) is 0.333. The molecule has 0 unspecified atom stereocenters. The van der Waals surface area contributed by atoms with Crippen LogP contribution in [0.4, 0.5) is 5.82 Å². The van der Waals surface area contributed by atoms with Gasteiger partial charge in [-0.1, -0.05) is 0 Å². The molecule has 17 heavy (non-hydrogen) atoms. The van der Waals surface area contributed by atoms with Crippen molar-refractivity contribution in [3.8, 4) is 0 Å². The number of hydrogen-bond acceptors (Lipinski definition) is 5. The fourth-order valence-electron chi connectivity index (χ4n) is 1.58. The Morgan fingerprint density at radius 1 is 1.41 bits per heavy atom. The Labute approximate surface area is 100 Å². The molecule has 0 atom stereocenters. The van der Waals surface area contributed by atoms with Gasteiger partial charge in [-0.05, 0) is 13.1 Å². The van der Waals surface area contributed by atoms with Crippen molar-refractivity contribution < 1.29 is 4.42 Å². The van der Waals surface area contributed by atoms with Gasteiger partial charge in [-0.15, -0.1) is 0 Å². The SMILES string of the molecule is CNCc1cncc(N(C)Cc2ccoc2)n1. The smallest absolute Gasteiger partial charge is 0.147 e. The molecule has 0 aliphatic carbocycles. The summed E-state index contributed by atoms with van der Waals surface area (Å²) in [5, 5.41) is 3.06. The lowest BCUT2D eigenvalue weighted by molar-refractivity contribution is 0.563. The van der Waals surface area contributed by atoms with Gasteiger partial charge in [0, 0.05) is 31.9 Å². The molecule has 0 aliphatic heterocycles. The Balaban J connectivity index is 2.07. The third-order valence-corrected chi connectivity index (χ3v) is 2.42. The average molecular weight is 232 g/mol. The van der Waals surface area contributed by atoms with Crippen LogP contribution in [0.3, 0.4) is 0 Å². The van der Waals surface area contributed by atoms with Crippen molar-refractivity contribution in [2.75, 3.05) is 19.0 Å². The Bertz CT molecular complexity index is 455. The highest BCUT2D eigenvalue weighted by molar-refractivity contribution is 5.36. The topological polar surface area (TPSA) is 54.2 Å². The van der Waals surface area contributed by atoms with E-state index in [1.165, 1.54) is 0 Å². The summed E-state index contributed by atoms with van der Waals surface area (Å²) >= 11 is 0. The van der Waals surface area contributed by atoms with Crippen molar-refractivity contribution in [3.05, 3.63) is 42.2 Å². The second kappa shape index (κ2) is 5.45. The van der Waals surface area contributed by atoms with Crippen LogP contribution in [-0.2, 0) is 13.1 Å². The molecular weight excluding hydrogens is 216 g/mol. The molecule has 0 spiro atoms. The first-order chi connectivity index (χ1) is 8.29. The molecule has 2 rings (SSSR count). The lowest BCUT2D eigenvalue weighted by atomic mass is 10.3. The van der Waals surface area contributed by atoms with Crippen LogP contribution in [0.2, 0.25) is 0 Å². The summed E-state index contributed by atoms with van der Waals surface area (Å²) in [5.41, 5.74) is 2.05. The molecule has 0 radical (unpaired) electrons. The molecule has 0 aromatic carbocycles. The quantitative estimate of drug-likeness (QED) is 0.845. The number of rotatable bonds is 5. The van der Waals surface area contributed by atoms with E-state index in [0.29, 0.717) is 0 Å². The van der Waals surface area contributed by atoms with Crippen LogP contribution < -0.4 is 10.2 Å². The first-order valence-corrected chi connectivity index (χ1v) is 5.47. The van der Waals surface area contributed by atoms with Crippen LogP contribution in [0.1, 0.15) is 11.3 Å². The molecule has 0 amide bonds. The van der Waals surface area contributed by atoms with Gasteiger partial charge in [0.1, 0.15) is 5.82 Å². The molecule has 2 heterocycles. The first-order valence-electron chi connectivity index (χ1n) is 5.47. The van der Waals surface area contributed by atoms with E-state index in [1.807, 2.05) is 25.1 Å². The lowest BCUT2D eigenvalue weighted by Gasteiger charge is -2.17. The number of hydrogen-bond donors (Lipinski definition) is 1. The predicted octanol–water partition coefficient (Wildman–Crippen LogP) is 1.43. The van der Waals surface area contributed by atoms with Crippen LogP contribution in [0.5, 0.6) is 0 Å². The summed E-state index contributed by atoms with van der Waals surface area (Å²) < 4.78 is 5.04. The third-order valence-electron chi connectivity index (χ3n) is 2.42. The molecule has 2 aromatic rings. The number of aromatic nitrogens is 2. The molecule has 1 N–H and O–H groups in total. The highest BCUT2D eigenvalue weighted by atomic mass is 16.3. The summed E-state index contributed by atoms with van der Waals surface area (Å²) in [4.78, 5) is 10.7. The van der Waals surface area contributed by atoms with Gasteiger partial charge in [-0.2, -0.15) is 0 Å². The summed E-state index contributed by atoms with van der Waals surface area (Å²) in [6, 6.07) is 1.95. The molecule has 90 valence electrons. The maximum absolute atomic E-state index is 5.04. The van der Waals surface area contributed by atoms with E-state index >= 15 is 0 Å². The summed E-state index contributed by atoms with van der Waals surface area (Å²) in [5.74, 6) is 0.860. The van der Waals surface area contributed by atoms with Gasteiger partial charge in [0.2, 0.25) is 0 Å². The standard InChI is InChI=1S/C12H16N4O/c1-13-5-11-6-14-7-12(15-11)16(2)8-10-3-4-17-9-10/h3-4,6-7,9,13H,5,8H2,1-2H3. The van der Waals surface area contributed by atoms with E-state index in [9.17, 15) is 0 Å².